The van der Waals surface area contributed by atoms with Crippen molar-refractivity contribution in [2.45, 2.75) is 6.42 Å². The number of nitrogens with one attached hydrogen (secondary N) is 1. The molecule has 1 aliphatic heterocycles. The minimum absolute atomic E-state index is 0.0433. The van der Waals surface area contributed by atoms with Gasteiger partial charge in [-0.2, -0.15) is 0 Å². The second kappa shape index (κ2) is 7.50. The van der Waals surface area contributed by atoms with Crippen LogP contribution in [0.3, 0.4) is 0 Å². The summed E-state index contributed by atoms with van der Waals surface area (Å²) < 4.78 is 0. The second-order valence-electron chi connectivity index (χ2n) is 4.98. The Bertz CT molecular complexity index is 597. The van der Waals surface area contributed by atoms with Gasteiger partial charge in [-0.15, -0.1) is 0 Å². The van der Waals surface area contributed by atoms with E-state index in [0.717, 1.165) is 9.80 Å². The van der Waals surface area contributed by atoms with Crippen LogP contribution < -0.4 is 11.1 Å². The molecule has 8 heteroatoms. The molecule has 1 aromatic rings. The third-order valence-electron chi connectivity index (χ3n) is 3.48. The molecule has 122 valence electrons. The number of imide groups is 2. The molecule has 0 atom stereocenters. The van der Waals surface area contributed by atoms with Gasteiger partial charge in [0.2, 0.25) is 6.41 Å². The molecule has 0 fully saturated rings. The first-order valence-electron chi connectivity index (χ1n) is 7.25. The Morgan fingerprint density at radius 1 is 1.22 bits per heavy atom. The minimum atomic E-state index is -0.579. The van der Waals surface area contributed by atoms with Gasteiger partial charge in [0.25, 0.3) is 11.8 Å². The molecule has 23 heavy (non-hydrogen) atoms. The Morgan fingerprint density at radius 2 is 1.83 bits per heavy atom. The summed E-state index contributed by atoms with van der Waals surface area (Å²) >= 11 is 0. The molecule has 8 nitrogen and oxygen atoms in total. The summed E-state index contributed by atoms with van der Waals surface area (Å²) in [4.78, 5) is 48.9. The van der Waals surface area contributed by atoms with Crippen LogP contribution >= 0.6 is 0 Å². The lowest BCUT2D eigenvalue weighted by atomic mass is 10.1. The highest BCUT2D eigenvalue weighted by molar-refractivity contribution is 6.21. The van der Waals surface area contributed by atoms with Crippen LogP contribution in [0, 0.1) is 0 Å². The Hall–Kier alpha value is -2.74. The van der Waals surface area contributed by atoms with Crippen molar-refractivity contribution in [3.8, 4) is 0 Å². The first-order chi connectivity index (χ1) is 11.1. The topological polar surface area (TPSA) is 113 Å². The summed E-state index contributed by atoms with van der Waals surface area (Å²) in [6, 6.07) is 5.98. The highest BCUT2D eigenvalue weighted by atomic mass is 16.2. The van der Waals surface area contributed by atoms with Crippen molar-refractivity contribution in [2.24, 2.45) is 5.73 Å². The van der Waals surface area contributed by atoms with Crippen LogP contribution in [0.25, 0.3) is 0 Å². The fraction of sp³-hybridized carbons (Fsp3) is 0.333. The molecule has 0 radical (unpaired) electrons. The lowest BCUT2D eigenvalue weighted by Gasteiger charge is -2.18. The van der Waals surface area contributed by atoms with Crippen molar-refractivity contribution in [2.75, 3.05) is 26.2 Å². The van der Waals surface area contributed by atoms with E-state index in [0.29, 0.717) is 30.5 Å². The third-order valence-corrected chi connectivity index (χ3v) is 3.48. The summed E-state index contributed by atoms with van der Waals surface area (Å²) in [5.41, 5.74) is 6.06. The SMILES string of the molecule is NCCCN(C=O)C(=O)NCCN1C(=O)c2ccccc2C1=O. The van der Waals surface area contributed by atoms with Crippen LogP contribution in [-0.4, -0.2) is 60.2 Å². The predicted molar refractivity (Wildman–Crippen MR) is 81.6 cm³/mol. The number of nitrogens with two attached hydrogens (primary N) is 1. The Kier molecular flexibility index (Phi) is 5.42. The van der Waals surface area contributed by atoms with E-state index in [1.165, 1.54) is 0 Å². The second-order valence-corrected chi connectivity index (χ2v) is 4.98. The highest BCUT2D eigenvalue weighted by Gasteiger charge is 2.34. The molecule has 0 spiro atoms. The van der Waals surface area contributed by atoms with Crippen molar-refractivity contribution in [3.05, 3.63) is 35.4 Å². The normalized spacial score (nSPS) is 13.0. The fourth-order valence-corrected chi connectivity index (χ4v) is 2.28. The standard InChI is InChI=1S/C15H18N4O4/c16-6-3-8-18(10-20)15(23)17-7-9-19-13(21)11-4-1-2-5-12(11)14(19)22/h1-2,4-5,10H,3,6-9,16H2,(H,17,23). The summed E-state index contributed by atoms with van der Waals surface area (Å²) in [6.45, 7) is 0.699. The summed E-state index contributed by atoms with van der Waals surface area (Å²) in [5, 5.41) is 2.51. The van der Waals surface area contributed by atoms with Crippen LogP contribution in [0.4, 0.5) is 4.79 Å². The van der Waals surface area contributed by atoms with Crippen molar-refractivity contribution < 1.29 is 19.2 Å². The van der Waals surface area contributed by atoms with E-state index in [-0.39, 0.29) is 31.4 Å². The predicted octanol–water partition coefficient (Wildman–Crippen LogP) is -0.201. The van der Waals surface area contributed by atoms with E-state index < -0.39 is 6.03 Å². The molecule has 1 aromatic carbocycles. The first kappa shape index (κ1) is 16.6. The van der Waals surface area contributed by atoms with E-state index in [4.69, 9.17) is 5.73 Å². The van der Waals surface area contributed by atoms with Gasteiger partial charge in [-0.1, -0.05) is 12.1 Å². The zero-order chi connectivity index (χ0) is 16.8. The van der Waals surface area contributed by atoms with Gasteiger partial charge in [0, 0.05) is 19.6 Å². The monoisotopic (exact) mass is 318 g/mol. The summed E-state index contributed by atoms with van der Waals surface area (Å²) in [7, 11) is 0. The van der Waals surface area contributed by atoms with Gasteiger partial charge in [-0.25, -0.2) is 4.79 Å². The number of urea groups is 1. The molecule has 3 N–H and O–H groups in total. The van der Waals surface area contributed by atoms with Gasteiger partial charge in [-0.3, -0.25) is 24.2 Å². The van der Waals surface area contributed by atoms with E-state index in [2.05, 4.69) is 5.32 Å². The third kappa shape index (κ3) is 3.54. The lowest BCUT2D eigenvalue weighted by molar-refractivity contribution is -0.115. The molecular formula is C15H18N4O4. The van der Waals surface area contributed by atoms with Gasteiger partial charge in [-0.05, 0) is 25.1 Å². The maximum atomic E-state index is 12.1. The number of carbonyl (C=O) groups excluding carboxylic acids is 4. The number of amides is 5. The first-order valence-corrected chi connectivity index (χ1v) is 7.25. The number of fused-ring (bicyclic) bond motifs is 1. The largest absolute Gasteiger partial charge is 0.336 e. The van der Waals surface area contributed by atoms with E-state index >= 15 is 0 Å². The smallest absolute Gasteiger partial charge is 0.323 e. The summed E-state index contributed by atoms with van der Waals surface area (Å²) in [5.74, 6) is -0.759. The van der Waals surface area contributed by atoms with Crippen LogP contribution in [-0.2, 0) is 4.79 Å². The molecule has 0 saturated carbocycles. The maximum Gasteiger partial charge on any atom is 0.323 e. The van der Waals surface area contributed by atoms with Gasteiger partial charge < -0.3 is 11.1 Å². The summed E-state index contributed by atoms with van der Waals surface area (Å²) in [6.07, 6.45) is 0.928. The average Bonchev–Trinajstić information content (AvgIpc) is 2.81. The molecule has 0 bridgehead atoms. The molecular weight excluding hydrogens is 300 g/mol. The molecule has 5 amide bonds. The highest BCUT2D eigenvalue weighted by Crippen LogP contribution is 2.21. The Labute approximate surface area is 133 Å². The molecule has 0 unspecified atom stereocenters. The quantitative estimate of drug-likeness (QED) is 0.534. The number of rotatable bonds is 7. The van der Waals surface area contributed by atoms with Crippen LogP contribution in [0.2, 0.25) is 0 Å². The lowest BCUT2D eigenvalue weighted by Crippen LogP contribution is -2.44. The number of nitrogens with zero attached hydrogens (tertiary/aromatic N) is 2. The van der Waals surface area contributed by atoms with E-state index in [9.17, 15) is 19.2 Å². The van der Waals surface area contributed by atoms with Crippen molar-refractivity contribution in [1.29, 1.82) is 0 Å². The number of carbonyl (C=O) groups is 4. The number of hydrogen-bond donors (Lipinski definition) is 2. The Morgan fingerprint density at radius 3 is 2.35 bits per heavy atom. The molecule has 0 aromatic heterocycles. The van der Waals surface area contributed by atoms with E-state index in [1.807, 2.05) is 0 Å². The molecule has 1 aliphatic rings. The molecule has 0 saturated heterocycles. The van der Waals surface area contributed by atoms with Crippen LogP contribution in [0.15, 0.2) is 24.3 Å². The molecule has 0 aliphatic carbocycles. The van der Waals surface area contributed by atoms with Gasteiger partial charge in [0.05, 0.1) is 11.1 Å². The molecule has 2 rings (SSSR count). The Balaban J connectivity index is 1.88. The van der Waals surface area contributed by atoms with Crippen LogP contribution in [0.5, 0.6) is 0 Å². The zero-order valence-electron chi connectivity index (χ0n) is 12.5. The van der Waals surface area contributed by atoms with Crippen LogP contribution in [0.1, 0.15) is 27.1 Å². The minimum Gasteiger partial charge on any atom is -0.336 e. The van der Waals surface area contributed by atoms with Gasteiger partial charge >= 0.3 is 6.03 Å². The maximum absolute atomic E-state index is 12.1. The zero-order valence-corrected chi connectivity index (χ0v) is 12.5. The van der Waals surface area contributed by atoms with Gasteiger partial charge in [0.1, 0.15) is 0 Å². The van der Waals surface area contributed by atoms with Gasteiger partial charge in [0.15, 0.2) is 0 Å². The van der Waals surface area contributed by atoms with Crippen molar-refractivity contribution in [3.63, 3.8) is 0 Å². The average molecular weight is 318 g/mol. The fourth-order valence-electron chi connectivity index (χ4n) is 2.28. The number of benzene rings is 1. The number of hydrogen-bond acceptors (Lipinski definition) is 5. The van der Waals surface area contributed by atoms with Crippen molar-refractivity contribution >= 4 is 24.3 Å². The van der Waals surface area contributed by atoms with Crippen molar-refractivity contribution in [1.82, 2.24) is 15.1 Å². The molecule has 1 heterocycles. The van der Waals surface area contributed by atoms with E-state index in [1.54, 1.807) is 24.3 Å².